The minimum Gasteiger partial charge on any atom is -0.312 e. The normalized spacial score (nSPS) is 15.9. The van der Waals surface area contributed by atoms with Crippen molar-refractivity contribution in [1.82, 2.24) is 14.5 Å². The summed E-state index contributed by atoms with van der Waals surface area (Å²) in [6, 6.07) is 5.36. The van der Waals surface area contributed by atoms with Gasteiger partial charge in [-0.2, -0.15) is 0 Å². The molecule has 1 aliphatic rings. The van der Waals surface area contributed by atoms with Gasteiger partial charge < -0.3 is 5.32 Å². The average molecular weight is 310 g/mol. The monoisotopic (exact) mass is 309 g/mol. The van der Waals surface area contributed by atoms with E-state index in [1.165, 1.54) is 9.13 Å². The van der Waals surface area contributed by atoms with Gasteiger partial charge in [-0.25, -0.2) is 4.79 Å². The number of nitrogens with one attached hydrogen (secondary N) is 1. The molecule has 0 spiro atoms. The molecule has 5 nitrogen and oxygen atoms in total. The summed E-state index contributed by atoms with van der Waals surface area (Å²) in [5.74, 6) is 0. The van der Waals surface area contributed by atoms with Crippen molar-refractivity contribution in [2.45, 2.75) is 6.04 Å². The second kappa shape index (κ2) is 4.07. The summed E-state index contributed by atoms with van der Waals surface area (Å²) in [5.41, 5.74) is 0.183. The molecular weight excluding hydrogens is 298 g/mol. The maximum atomic E-state index is 12.4. The Labute approximate surface area is 111 Å². The van der Waals surface area contributed by atoms with E-state index in [0.717, 1.165) is 4.47 Å². The fraction of sp³-hybridized carbons (Fsp3) is 0.333. The number of para-hydroxylation sites is 1. The van der Waals surface area contributed by atoms with Gasteiger partial charge in [-0.1, -0.05) is 6.07 Å². The highest BCUT2D eigenvalue weighted by atomic mass is 79.9. The average Bonchev–Trinajstić information content (AvgIpc) is 2.29. The predicted octanol–water partition coefficient (Wildman–Crippen LogP) is 0.607. The second-order valence-corrected chi connectivity index (χ2v) is 5.32. The van der Waals surface area contributed by atoms with Crippen LogP contribution in [0.1, 0.15) is 6.04 Å². The van der Waals surface area contributed by atoms with Gasteiger partial charge in [-0.15, -0.1) is 0 Å². The summed E-state index contributed by atoms with van der Waals surface area (Å²) < 4.78 is 3.64. The molecule has 2 heterocycles. The molecule has 1 aromatic carbocycles. The molecule has 6 heteroatoms. The third kappa shape index (κ3) is 1.49. The predicted molar refractivity (Wildman–Crippen MR) is 73.1 cm³/mol. The number of hydrogen-bond donors (Lipinski definition) is 1. The van der Waals surface area contributed by atoms with Crippen LogP contribution in [0.15, 0.2) is 32.3 Å². The summed E-state index contributed by atoms with van der Waals surface area (Å²) >= 11 is 3.39. The maximum Gasteiger partial charge on any atom is 0.331 e. The highest BCUT2D eigenvalue weighted by Gasteiger charge is 2.24. The zero-order valence-corrected chi connectivity index (χ0v) is 11.4. The van der Waals surface area contributed by atoms with Gasteiger partial charge in [0.05, 0.1) is 16.9 Å². The highest BCUT2D eigenvalue weighted by Crippen LogP contribution is 2.20. The van der Waals surface area contributed by atoms with Crippen LogP contribution in [0.25, 0.3) is 10.9 Å². The zero-order chi connectivity index (χ0) is 12.9. The Morgan fingerprint density at radius 1 is 1.33 bits per heavy atom. The summed E-state index contributed by atoms with van der Waals surface area (Å²) in [4.78, 5) is 24.7. The number of nitrogens with zero attached hydrogens (tertiary/aromatic N) is 2. The van der Waals surface area contributed by atoms with Crippen molar-refractivity contribution in [2.75, 3.05) is 13.1 Å². The van der Waals surface area contributed by atoms with E-state index in [1.54, 1.807) is 13.1 Å². The molecule has 0 amide bonds. The van der Waals surface area contributed by atoms with E-state index in [9.17, 15) is 9.59 Å². The Morgan fingerprint density at radius 3 is 2.67 bits per heavy atom. The van der Waals surface area contributed by atoms with E-state index >= 15 is 0 Å². The van der Waals surface area contributed by atoms with Crippen molar-refractivity contribution in [3.63, 3.8) is 0 Å². The molecule has 1 fully saturated rings. The van der Waals surface area contributed by atoms with Crippen LogP contribution in [0, 0.1) is 0 Å². The smallest absolute Gasteiger partial charge is 0.312 e. The zero-order valence-electron chi connectivity index (χ0n) is 9.81. The fourth-order valence-corrected chi connectivity index (χ4v) is 2.91. The van der Waals surface area contributed by atoms with Gasteiger partial charge in [0, 0.05) is 24.6 Å². The molecule has 18 heavy (non-hydrogen) atoms. The Kier molecular flexibility index (Phi) is 2.64. The standard InChI is InChI=1S/C12H12BrN3O2/c1-15-10-8(3-2-4-9(10)13)11(17)16(12(15)18)7-5-14-6-7/h2-4,7,14H,5-6H2,1H3. The Balaban J connectivity index is 2.47. The van der Waals surface area contributed by atoms with Crippen molar-refractivity contribution < 1.29 is 0 Å². The lowest BCUT2D eigenvalue weighted by atomic mass is 10.1. The van der Waals surface area contributed by atoms with Crippen LogP contribution < -0.4 is 16.6 Å². The molecule has 1 aromatic heterocycles. The van der Waals surface area contributed by atoms with Gasteiger partial charge in [0.15, 0.2) is 0 Å². The summed E-state index contributed by atoms with van der Waals surface area (Å²) in [5, 5.41) is 3.64. The molecular formula is C12H12BrN3O2. The van der Waals surface area contributed by atoms with E-state index < -0.39 is 0 Å². The van der Waals surface area contributed by atoms with E-state index in [0.29, 0.717) is 24.0 Å². The summed E-state index contributed by atoms with van der Waals surface area (Å²) in [6.07, 6.45) is 0. The molecule has 0 aliphatic carbocycles. The van der Waals surface area contributed by atoms with Crippen LogP contribution in [-0.2, 0) is 7.05 Å². The molecule has 0 radical (unpaired) electrons. The first-order valence-corrected chi connectivity index (χ1v) is 6.51. The fourth-order valence-electron chi connectivity index (χ4n) is 2.28. The van der Waals surface area contributed by atoms with Crippen LogP contribution in [0.4, 0.5) is 0 Å². The quantitative estimate of drug-likeness (QED) is 0.839. The molecule has 0 bridgehead atoms. The number of fused-ring (bicyclic) bond motifs is 1. The van der Waals surface area contributed by atoms with Crippen molar-refractivity contribution in [1.29, 1.82) is 0 Å². The van der Waals surface area contributed by atoms with E-state index in [-0.39, 0.29) is 17.3 Å². The molecule has 2 aromatic rings. The molecule has 1 saturated heterocycles. The molecule has 1 N–H and O–H groups in total. The van der Waals surface area contributed by atoms with Crippen molar-refractivity contribution in [3.8, 4) is 0 Å². The number of benzene rings is 1. The lowest BCUT2D eigenvalue weighted by Crippen LogP contribution is -2.53. The number of aromatic nitrogens is 2. The molecule has 0 unspecified atom stereocenters. The highest BCUT2D eigenvalue weighted by molar-refractivity contribution is 9.10. The van der Waals surface area contributed by atoms with E-state index in [1.807, 2.05) is 12.1 Å². The van der Waals surface area contributed by atoms with Crippen LogP contribution in [0.3, 0.4) is 0 Å². The van der Waals surface area contributed by atoms with Crippen LogP contribution in [0.5, 0.6) is 0 Å². The van der Waals surface area contributed by atoms with E-state index in [4.69, 9.17) is 0 Å². The van der Waals surface area contributed by atoms with Crippen LogP contribution in [-0.4, -0.2) is 22.2 Å². The first-order valence-electron chi connectivity index (χ1n) is 5.71. The third-order valence-corrected chi connectivity index (χ3v) is 4.03. The van der Waals surface area contributed by atoms with Gasteiger partial charge in [-0.05, 0) is 28.1 Å². The van der Waals surface area contributed by atoms with Crippen molar-refractivity contribution in [2.24, 2.45) is 7.05 Å². The minimum atomic E-state index is -0.258. The second-order valence-electron chi connectivity index (χ2n) is 4.46. The van der Waals surface area contributed by atoms with Crippen LogP contribution in [0.2, 0.25) is 0 Å². The largest absolute Gasteiger partial charge is 0.331 e. The van der Waals surface area contributed by atoms with Gasteiger partial charge in [0.2, 0.25) is 0 Å². The van der Waals surface area contributed by atoms with E-state index in [2.05, 4.69) is 21.2 Å². The number of hydrogen-bond acceptors (Lipinski definition) is 3. The Bertz CT molecular complexity index is 743. The van der Waals surface area contributed by atoms with Crippen LogP contribution >= 0.6 is 15.9 Å². The van der Waals surface area contributed by atoms with Gasteiger partial charge >= 0.3 is 5.69 Å². The summed E-state index contributed by atoms with van der Waals surface area (Å²) in [7, 11) is 1.69. The maximum absolute atomic E-state index is 12.4. The van der Waals surface area contributed by atoms with Gasteiger partial charge in [0.1, 0.15) is 0 Å². The SMILES string of the molecule is Cn1c(=O)n(C2CNC2)c(=O)c2cccc(Br)c21. The summed E-state index contributed by atoms with van der Waals surface area (Å²) in [6.45, 7) is 1.35. The molecule has 94 valence electrons. The first-order chi connectivity index (χ1) is 8.61. The number of halogens is 1. The van der Waals surface area contributed by atoms with Crippen molar-refractivity contribution >= 4 is 26.8 Å². The minimum absolute atomic E-state index is 0.0282. The first kappa shape index (κ1) is 11.7. The third-order valence-electron chi connectivity index (χ3n) is 3.39. The molecule has 1 aliphatic heterocycles. The lowest BCUT2D eigenvalue weighted by molar-refractivity contribution is 0.323. The number of aryl methyl sites for hydroxylation is 1. The lowest BCUT2D eigenvalue weighted by Gasteiger charge is -2.28. The molecule has 3 rings (SSSR count). The Morgan fingerprint density at radius 2 is 2.06 bits per heavy atom. The Hall–Kier alpha value is -1.40. The van der Waals surface area contributed by atoms with Crippen molar-refractivity contribution in [3.05, 3.63) is 43.5 Å². The topological polar surface area (TPSA) is 56.0 Å². The number of rotatable bonds is 1. The van der Waals surface area contributed by atoms with Gasteiger partial charge in [0.25, 0.3) is 5.56 Å². The molecule has 0 saturated carbocycles. The molecule has 0 atom stereocenters. The van der Waals surface area contributed by atoms with Gasteiger partial charge in [-0.3, -0.25) is 13.9 Å².